The number of carbonyl (C=O) groups is 1. The van der Waals surface area contributed by atoms with Crippen molar-refractivity contribution in [3.8, 4) is 5.75 Å². The van der Waals surface area contributed by atoms with Crippen molar-refractivity contribution in [1.82, 2.24) is 25.4 Å². The summed E-state index contributed by atoms with van der Waals surface area (Å²) in [5, 5.41) is 11.3. The Morgan fingerprint density at radius 2 is 2.32 bits per heavy atom. The van der Waals surface area contributed by atoms with E-state index in [9.17, 15) is 4.79 Å². The third-order valence-corrected chi connectivity index (χ3v) is 5.39. The van der Waals surface area contributed by atoms with Crippen molar-refractivity contribution in [3.63, 3.8) is 0 Å². The molecule has 1 saturated heterocycles. The molecule has 3 N–H and O–H groups in total. The topological polar surface area (TPSA) is 86.0 Å². The van der Waals surface area contributed by atoms with Gasteiger partial charge in [0, 0.05) is 54.5 Å². The van der Waals surface area contributed by atoms with Gasteiger partial charge in [0.05, 0.1) is 6.61 Å². The summed E-state index contributed by atoms with van der Waals surface area (Å²) >= 11 is 0. The molecule has 1 fully saturated rings. The molecule has 2 amide bonds. The number of amides is 2. The lowest BCUT2D eigenvalue weighted by Crippen LogP contribution is -2.45. The summed E-state index contributed by atoms with van der Waals surface area (Å²) in [6.45, 7) is 4.75. The Morgan fingerprint density at radius 1 is 1.39 bits per heavy atom. The van der Waals surface area contributed by atoms with Gasteiger partial charge in [-0.25, -0.2) is 4.79 Å². The first-order valence-electron chi connectivity index (χ1n) is 10.00. The Kier molecular flexibility index (Phi) is 5.50. The number of benzene rings is 1. The molecule has 0 saturated carbocycles. The standard InChI is InChI=1S/C21H27N5O2/c1-2-28-19-7-3-6-18-20(19)15(13-23-18)8-10-22-21(27)26-12-4-5-16(14-26)17-9-11-24-25-17/h3,6-7,9,11,13,16,23H,2,4-5,8,10,12,14H2,1H3,(H,22,27)(H,24,25)/t16-/m0/s1. The summed E-state index contributed by atoms with van der Waals surface area (Å²) in [5.41, 5.74) is 3.33. The Morgan fingerprint density at radius 3 is 3.14 bits per heavy atom. The van der Waals surface area contributed by atoms with Gasteiger partial charge in [-0.3, -0.25) is 5.10 Å². The van der Waals surface area contributed by atoms with E-state index in [0.717, 1.165) is 60.3 Å². The molecule has 0 bridgehead atoms. The maximum Gasteiger partial charge on any atom is 0.317 e. The highest BCUT2D eigenvalue weighted by Gasteiger charge is 2.25. The molecule has 0 unspecified atom stereocenters. The zero-order chi connectivity index (χ0) is 19.3. The van der Waals surface area contributed by atoms with Gasteiger partial charge in [0.15, 0.2) is 0 Å². The van der Waals surface area contributed by atoms with Crippen molar-refractivity contribution in [2.24, 2.45) is 0 Å². The maximum absolute atomic E-state index is 12.6. The van der Waals surface area contributed by atoms with E-state index in [1.807, 2.05) is 42.3 Å². The minimum Gasteiger partial charge on any atom is -0.493 e. The van der Waals surface area contributed by atoms with Gasteiger partial charge in [-0.2, -0.15) is 5.10 Å². The quantitative estimate of drug-likeness (QED) is 0.611. The predicted molar refractivity (Wildman–Crippen MR) is 109 cm³/mol. The van der Waals surface area contributed by atoms with Crippen molar-refractivity contribution in [2.45, 2.75) is 32.1 Å². The van der Waals surface area contributed by atoms with Crippen LogP contribution in [0, 0.1) is 0 Å². The molecule has 3 aromatic rings. The minimum absolute atomic E-state index is 0.00842. The third kappa shape index (κ3) is 3.83. The number of nitrogens with zero attached hydrogens (tertiary/aromatic N) is 2. The average Bonchev–Trinajstić information content (AvgIpc) is 3.39. The van der Waals surface area contributed by atoms with Gasteiger partial charge >= 0.3 is 6.03 Å². The second-order valence-corrected chi connectivity index (χ2v) is 7.20. The summed E-state index contributed by atoms with van der Waals surface area (Å²) in [4.78, 5) is 17.8. The van der Waals surface area contributed by atoms with Gasteiger partial charge in [0.1, 0.15) is 5.75 Å². The molecular weight excluding hydrogens is 354 g/mol. The van der Waals surface area contributed by atoms with Crippen LogP contribution in [0.5, 0.6) is 5.75 Å². The van der Waals surface area contributed by atoms with Gasteiger partial charge in [0.2, 0.25) is 0 Å². The Hall–Kier alpha value is -2.96. The van der Waals surface area contributed by atoms with E-state index in [1.54, 1.807) is 6.20 Å². The molecule has 0 aliphatic carbocycles. The Balaban J connectivity index is 1.35. The molecule has 2 aromatic heterocycles. The molecule has 4 rings (SSSR count). The molecule has 148 valence electrons. The Labute approximate surface area is 164 Å². The Bertz CT molecular complexity index is 918. The van der Waals surface area contributed by atoms with Crippen LogP contribution in [0.1, 0.15) is 36.9 Å². The monoisotopic (exact) mass is 381 g/mol. The van der Waals surface area contributed by atoms with Crippen LogP contribution in [0.15, 0.2) is 36.7 Å². The molecule has 0 radical (unpaired) electrons. The lowest BCUT2D eigenvalue weighted by molar-refractivity contribution is 0.179. The number of nitrogens with one attached hydrogen (secondary N) is 3. The zero-order valence-corrected chi connectivity index (χ0v) is 16.2. The van der Waals surface area contributed by atoms with Gasteiger partial charge in [0.25, 0.3) is 0 Å². The lowest BCUT2D eigenvalue weighted by Gasteiger charge is -2.32. The number of hydrogen-bond donors (Lipinski definition) is 3. The minimum atomic E-state index is 0.00842. The average molecular weight is 381 g/mol. The third-order valence-electron chi connectivity index (χ3n) is 5.39. The first-order valence-corrected chi connectivity index (χ1v) is 10.00. The molecule has 1 atom stereocenters. The van der Waals surface area contributed by atoms with Crippen LogP contribution in [-0.4, -0.2) is 52.4 Å². The number of fused-ring (bicyclic) bond motifs is 1. The van der Waals surface area contributed by atoms with Gasteiger partial charge in [-0.15, -0.1) is 0 Å². The van der Waals surface area contributed by atoms with Crippen molar-refractivity contribution in [3.05, 3.63) is 47.9 Å². The molecule has 7 heteroatoms. The lowest BCUT2D eigenvalue weighted by atomic mass is 9.95. The van der Waals surface area contributed by atoms with E-state index < -0.39 is 0 Å². The number of hydrogen-bond acceptors (Lipinski definition) is 3. The van der Waals surface area contributed by atoms with Crippen molar-refractivity contribution in [1.29, 1.82) is 0 Å². The SMILES string of the molecule is CCOc1cccc2[nH]cc(CCNC(=O)N3CCC[C@H](c4ccn[nH]4)C3)c12. The summed E-state index contributed by atoms with van der Waals surface area (Å²) < 4.78 is 5.76. The number of aromatic amines is 2. The molecule has 1 aliphatic rings. The first-order chi connectivity index (χ1) is 13.8. The molecule has 1 aliphatic heterocycles. The number of aromatic nitrogens is 3. The fourth-order valence-electron chi connectivity index (χ4n) is 4.02. The van der Waals surface area contributed by atoms with E-state index in [0.29, 0.717) is 19.1 Å². The number of ether oxygens (including phenoxy) is 1. The zero-order valence-electron chi connectivity index (χ0n) is 16.2. The van der Waals surface area contributed by atoms with Crippen LogP contribution in [0.4, 0.5) is 4.79 Å². The number of carbonyl (C=O) groups excluding carboxylic acids is 1. The van der Waals surface area contributed by atoms with Gasteiger partial charge in [-0.1, -0.05) is 6.07 Å². The van der Waals surface area contributed by atoms with Crippen molar-refractivity contribution < 1.29 is 9.53 Å². The van der Waals surface area contributed by atoms with E-state index >= 15 is 0 Å². The second-order valence-electron chi connectivity index (χ2n) is 7.20. The highest BCUT2D eigenvalue weighted by Crippen LogP contribution is 2.29. The summed E-state index contributed by atoms with van der Waals surface area (Å²) in [7, 11) is 0. The van der Waals surface area contributed by atoms with E-state index in [2.05, 4.69) is 20.5 Å². The maximum atomic E-state index is 12.6. The van der Waals surface area contributed by atoms with Crippen LogP contribution < -0.4 is 10.1 Å². The van der Waals surface area contributed by atoms with Gasteiger partial charge in [-0.05, 0) is 49.9 Å². The fraction of sp³-hybridized carbons (Fsp3) is 0.429. The summed E-state index contributed by atoms with van der Waals surface area (Å²) in [6, 6.07) is 8.03. The smallest absolute Gasteiger partial charge is 0.317 e. The second kappa shape index (κ2) is 8.37. The normalized spacial score (nSPS) is 17.0. The predicted octanol–water partition coefficient (Wildman–Crippen LogP) is 3.42. The van der Waals surface area contributed by atoms with Crippen molar-refractivity contribution in [2.75, 3.05) is 26.2 Å². The van der Waals surface area contributed by atoms with E-state index in [1.165, 1.54) is 0 Å². The molecule has 28 heavy (non-hydrogen) atoms. The van der Waals surface area contributed by atoms with Gasteiger partial charge < -0.3 is 19.9 Å². The van der Waals surface area contributed by atoms with Crippen molar-refractivity contribution >= 4 is 16.9 Å². The number of H-pyrrole nitrogens is 2. The molecule has 3 heterocycles. The summed E-state index contributed by atoms with van der Waals surface area (Å²) in [5.74, 6) is 1.23. The number of rotatable bonds is 6. The highest BCUT2D eigenvalue weighted by atomic mass is 16.5. The van der Waals surface area contributed by atoms with Crippen LogP contribution >= 0.6 is 0 Å². The molecule has 1 aromatic carbocycles. The number of urea groups is 1. The van der Waals surface area contributed by atoms with E-state index in [4.69, 9.17) is 4.74 Å². The van der Waals surface area contributed by atoms with Crippen LogP contribution in [0.2, 0.25) is 0 Å². The van der Waals surface area contributed by atoms with Crippen LogP contribution in [-0.2, 0) is 6.42 Å². The van der Waals surface area contributed by atoms with Crippen LogP contribution in [0.25, 0.3) is 10.9 Å². The summed E-state index contributed by atoms with van der Waals surface area (Å²) in [6.07, 6.45) is 6.63. The molecular formula is C21H27N5O2. The first kappa shape index (κ1) is 18.4. The molecule has 0 spiro atoms. The van der Waals surface area contributed by atoms with E-state index in [-0.39, 0.29) is 6.03 Å². The number of piperidine rings is 1. The fourth-order valence-corrected chi connectivity index (χ4v) is 4.02. The largest absolute Gasteiger partial charge is 0.493 e. The number of likely N-dealkylation sites (tertiary alicyclic amines) is 1. The molecule has 7 nitrogen and oxygen atoms in total. The van der Waals surface area contributed by atoms with Crippen LogP contribution in [0.3, 0.4) is 0 Å². The highest BCUT2D eigenvalue weighted by molar-refractivity contribution is 5.89.